The molecule has 0 spiro atoms. The van der Waals surface area contributed by atoms with Crippen LogP contribution < -0.4 is 0 Å². The first kappa shape index (κ1) is 16.9. The van der Waals surface area contributed by atoms with Crippen LogP contribution >= 0.6 is 0 Å². The third-order valence-corrected chi connectivity index (χ3v) is 3.77. The second-order valence-electron chi connectivity index (χ2n) is 5.61. The van der Waals surface area contributed by atoms with Gasteiger partial charge in [-0.15, -0.1) is 0 Å². The lowest BCUT2D eigenvalue weighted by Gasteiger charge is -2.23. The maximum absolute atomic E-state index is 12.7. The van der Waals surface area contributed by atoms with Crippen molar-refractivity contribution >= 4 is 5.91 Å². The Morgan fingerprint density at radius 3 is 2.43 bits per heavy atom. The third-order valence-electron chi connectivity index (χ3n) is 3.77. The molecule has 1 amide bonds. The summed E-state index contributed by atoms with van der Waals surface area (Å²) >= 11 is 0. The van der Waals surface area contributed by atoms with Crippen LogP contribution in [0.15, 0.2) is 66.5 Å². The number of carbonyl (C=O) groups excluding carboxylic acids is 1. The lowest BCUT2D eigenvalue weighted by Crippen LogP contribution is -2.33. The van der Waals surface area contributed by atoms with Crippen molar-refractivity contribution in [3.8, 4) is 0 Å². The summed E-state index contributed by atoms with van der Waals surface area (Å²) in [4.78, 5) is 18.7. The highest BCUT2D eigenvalue weighted by atomic mass is 16.2. The molecule has 0 N–H and O–H groups in total. The van der Waals surface area contributed by atoms with Crippen LogP contribution in [0.25, 0.3) is 0 Å². The molecule has 1 aromatic carbocycles. The van der Waals surface area contributed by atoms with Gasteiger partial charge in [0, 0.05) is 31.1 Å². The van der Waals surface area contributed by atoms with E-state index in [0.29, 0.717) is 13.1 Å². The van der Waals surface area contributed by atoms with Crippen molar-refractivity contribution in [1.82, 2.24) is 9.88 Å². The number of amides is 1. The minimum atomic E-state index is 0.111. The van der Waals surface area contributed by atoms with E-state index in [1.54, 1.807) is 12.4 Å². The molecule has 2 rings (SSSR count). The number of aromatic nitrogens is 1. The Bertz CT molecular complexity index is 635. The summed E-state index contributed by atoms with van der Waals surface area (Å²) in [7, 11) is 0. The van der Waals surface area contributed by atoms with Crippen molar-refractivity contribution in [1.29, 1.82) is 0 Å². The first-order valence-corrected chi connectivity index (χ1v) is 8.09. The highest BCUT2D eigenvalue weighted by molar-refractivity contribution is 5.92. The number of hydrogen-bond acceptors (Lipinski definition) is 2. The van der Waals surface area contributed by atoms with Gasteiger partial charge in [-0.3, -0.25) is 9.78 Å². The van der Waals surface area contributed by atoms with Crippen LogP contribution in [0.5, 0.6) is 0 Å². The van der Waals surface area contributed by atoms with Gasteiger partial charge in [0.25, 0.3) is 0 Å². The average Bonchev–Trinajstić information content (AvgIpc) is 2.60. The van der Waals surface area contributed by atoms with E-state index >= 15 is 0 Å². The zero-order chi connectivity index (χ0) is 16.5. The smallest absolute Gasteiger partial charge is 0.249 e. The molecule has 0 aliphatic rings. The fourth-order valence-corrected chi connectivity index (χ4v) is 2.51. The molecule has 0 atom stereocenters. The number of benzene rings is 1. The van der Waals surface area contributed by atoms with Crippen LogP contribution in [0.4, 0.5) is 0 Å². The number of rotatable bonds is 7. The normalized spacial score (nSPS) is 11.3. The molecule has 0 saturated heterocycles. The lowest BCUT2D eigenvalue weighted by molar-refractivity contribution is -0.127. The molecule has 23 heavy (non-hydrogen) atoms. The molecule has 0 saturated carbocycles. The Kier molecular flexibility index (Phi) is 6.55. The number of allylic oxidation sites excluding steroid dienone is 1. The predicted octanol–water partition coefficient (Wildman–Crippen LogP) is 4.01. The van der Waals surface area contributed by atoms with E-state index < -0.39 is 0 Å². The Morgan fingerprint density at radius 1 is 1.09 bits per heavy atom. The Balaban J connectivity index is 2.10. The molecule has 0 unspecified atom stereocenters. The highest BCUT2D eigenvalue weighted by Crippen LogP contribution is 2.11. The molecule has 3 nitrogen and oxygen atoms in total. The fraction of sp³-hybridized carbons (Fsp3) is 0.300. The standard InChI is InChI=1S/C20H24N2O/c1-3-7-17(2)20(23)22(16-19-10-13-21-14-11-19)15-12-18-8-5-4-6-9-18/h4-11,13-14H,3,12,15-16H2,1-2H3/b17-7-. The summed E-state index contributed by atoms with van der Waals surface area (Å²) in [6, 6.07) is 14.2. The van der Waals surface area contributed by atoms with Crippen LogP contribution in [0.3, 0.4) is 0 Å². The Hall–Kier alpha value is -2.42. The molecule has 0 aliphatic carbocycles. The molecule has 1 aromatic heterocycles. The van der Waals surface area contributed by atoms with Gasteiger partial charge in [-0.25, -0.2) is 0 Å². The van der Waals surface area contributed by atoms with Crippen molar-refractivity contribution in [2.75, 3.05) is 6.54 Å². The summed E-state index contributed by atoms with van der Waals surface area (Å²) in [6.45, 7) is 5.27. The maximum atomic E-state index is 12.7. The molecule has 1 heterocycles. The number of carbonyl (C=O) groups is 1. The summed E-state index contributed by atoms with van der Waals surface area (Å²) in [5.74, 6) is 0.111. The first-order chi connectivity index (χ1) is 11.2. The SMILES string of the molecule is CC/C=C(/C)C(=O)N(CCc1ccccc1)Cc1ccncc1. The molecular formula is C20H24N2O. The quantitative estimate of drug-likeness (QED) is 0.724. The van der Waals surface area contributed by atoms with E-state index in [2.05, 4.69) is 17.1 Å². The largest absolute Gasteiger partial charge is 0.334 e. The van der Waals surface area contributed by atoms with Gasteiger partial charge in [0.1, 0.15) is 0 Å². The minimum absolute atomic E-state index is 0.111. The van der Waals surface area contributed by atoms with Crippen LogP contribution in [0.1, 0.15) is 31.4 Å². The average molecular weight is 308 g/mol. The summed E-state index contributed by atoms with van der Waals surface area (Å²) in [5.41, 5.74) is 3.16. The summed E-state index contributed by atoms with van der Waals surface area (Å²) in [6.07, 6.45) is 7.26. The van der Waals surface area contributed by atoms with Gasteiger partial charge in [0.15, 0.2) is 0 Å². The van der Waals surface area contributed by atoms with Crippen LogP contribution in [0, 0.1) is 0 Å². The molecular weight excluding hydrogens is 284 g/mol. The molecule has 2 aromatic rings. The van der Waals surface area contributed by atoms with Gasteiger partial charge >= 0.3 is 0 Å². The molecule has 0 aliphatic heterocycles. The van der Waals surface area contributed by atoms with E-state index in [9.17, 15) is 4.79 Å². The summed E-state index contributed by atoms with van der Waals surface area (Å²) < 4.78 is 0. The van der Waals surface area contributed by atoms with E-state index in [4.69, 9.17) is 0 Å². The minimum Gasteiger partial charge on any atom is -0.334 e. The topological polar surface area (TPSA) is 33.2 Å². The van der Waals surface area contributed by atoms with E-state index in [-0.39, 0.29) is 5.91 Å². The zero-order valence-corrected chi connectivity index (χ0v) is 13.9. The van der Waals surface area contributed by atoms with Crippen LogP contribution in [-0.4, -0.2) is 22.3 Å². The van der Waals surface area contributed by atoms with E-state index in [0.717, 1.165) is 24.0 Å². The van der Waals surface area contributed by atoms with Crippen LogP contribution in [0.2, 0.25) is 0 Å². The number of nitrogens with zero attached hydrogens (tertiary/aromatic N) is 2. The molecule has 0 bridgehead atoms. The predicted molar refractivity (Wildman–Crippen MR) is 93.8 cm³/mol. The zero-order valence-electron chi connectivity index (χ0n) is 13.9. The van der Waals surface area contributed by atoms with Crippen molar-refractivity contribution in [2.24, 2.45) is 0 Å². The summed E-state index contributed by atoms with van der Waals surface area (Å²) in [5, 5.41) is 0. The van der Waals surface area contributed by atoms with Gasteiger partial charge in [-0.2, -0.15) is 0 Å². The van der Waals surface area contributed by atoms with Crippen molar-refractivity contribution in [2.45, 2.75) is 33.2 Å². The van der Waals surface area contributed by atoms with E-state index in [1.807, 2.05) is 55.2 Å². The third kappa shape index (κ3) is 5.37. The van der Waals surface area contributed by atoms with Crippen LogP contribution in [-0.2, 0) is 17.8 Å². The fourth-order valence-electron chi connectivity index (χ4n) is 2.51. The maximum Gasteiger partial charge on any atom is 0.249 e. The van der Waals surface area contributed by atoms with Crippen molar-refractivity contribution in [3.05, 3.63) is 77.6 Å². The lowest BCUT2D eigenvalue weighted by atomic mass is 10.1. The monoisotopic (exact) mass is 308 g/mol. The second kappa shape index (κ2) is 8.89. The number of hydrogen-bond donors (Lipinski definition) is 0. The first-order valence-electron chi connectivity index (χ1n) is 8.09. The number of pyridine rings is 1. The van der Waals surface area contributed by atoms with Crippen molar-refractivity contribution < 1.29 is 4.79 Å². The van der Waals surface area contributed by atoms with Crippen molar-refractivity contribution in [3.63, 3.8) is 0 Å². The van der Waals surface area contributed by atoms with E-state index in [1.165, 1.54) is 5.56 Å². The molecule has 120 valence electrons. The van der Waals surface area contributed by atoms with Gasteiger partial charge < -0.3 is 4.90 Å². The Labute approximate surface area is 138 Å². The molecule has 3 heteroatoms. The molecule has 0 radical (unpaired) electrons. The molecule has 0 fully saturated rings. The Morgan fingerprint density at radius 2 is 1.78 bits per heavy atom. The van der Waals surface area contributed by atoms with Gasteiger partial charge in [-0.05, 0) is 43.0 Å². The second-order valence-corrected chi connectivity index (χ2v) is 5.61. The highest BCUT2D eigenvalue weighted by Gasteiger charge is 2.15. The van der Waals surface area contributed by atoms with Gasteiger partial charge in [-0.1, -0.05) is 43.3 Å². The van der Waals surface area contributed by atoms with Gasteiger partial charge in [0.05, 0.1) is 0 Å². The van der Waals surface area contributed by atoms with Gasteiger partial charge in [0.2, 0.25) is 5.91 Å².